The van der Waals surface area contributed by atoms with Crippen LogP contribution in [0.1, 0.15) is 30.5 Å². The van der Waals surface area contributed by atoms with E-state index in [1.165, 1.54) is 0 Å². The lowest BCUT2D eigenvalue weighted by Crippen LogP contribution is -2.25. The van der Waals surface area contributed by atoms with Crippen molar-refractivity contribution in [1.82, 2.24) is 19.7 Å². The van der Waals surface area contributed by atoms with Crippen molar-refractivity contribution in [2.75, 3.05) is 18.9 Å². The molecular formula is C22H27N5O3S. The second kappa shape index (κ2) is 9.95. The lowest BCUT2D eigenvalue weighted by molar-refractivity contribution is 0.283. The van der Waals surface area contributed by atoms with Crippen molar-refractivity contribution in [1.29, 1.82) is 0 Å². The lowest BCUT2D eigenvalue weighted by atomic mass is 10.1. The molecule has 0 unspecified atom stereocenters. The van der Waals surface area contributed by atoms with Crippen LogP contribution in [-0.2, 0) is 10.0 Å². The largest absolute Gasteiger partial charge is 0.396 e. The van der Waals surface area contributed by atoms with Crippen LogP contribution in [0.25, 0.3) is 22.5 Å². The van der Waals surface area contributed by atoms with Gasteiger partial charge in [0.1, 0.15) is 11.5 Å². The summed E-state index contributed by atoms with van der Waals surface area (Å²) in [5.74, 6) is 0.292. The maximum atomic E-state index is 12.7. The van der Waals surface area contributed by atoms with E-state index >= 15 is 0 Å². The maximum absolute atomic E-state index is 12.7. The summed E-state index contributed by atoms with van der Waals surface area (Å²) in [5, 5.41) is 8.83. The highest BCUT2D eigenvalue weighted by Crippen LogP contribution is 2.29. The quantitative estimate of drug-likeness (QED) is 0.435. The Labute approximate surface area is 182 Å². The first kappa shape index (κ1) is 22.8. The molecule has 0 aliphatic heterocycles. The van der Waals surface area contributed by atoms with E-state index < -0.39 is 10.0 Å². The minimum atomic E-state index is -3.66. The van der Waals surface area contributed by atoms with Crippen molar-refractivity contribution in [2.24, 2.45) is 0 Å². The standard InChI is InChI=1S/C22H27N5O3S/c1-15-6-7-18(31(29,30)26-9-4-3-5-11-28)13-19(15)20-14-25-22(23)21(27-20)17-8-10-24-16(2)12-17/h6-8,10,12-14,26,28H,3-5,9,11H2,1-2H3,(H2,23,25). The van der Waals surface area contributed by atoms with E-state index in [4.69, 9.17) is 10.8 Å². The molecule has 0 bridgehead atoms. The monoisotopic (exact) mass is 441 g/mol. The van der Waals surface area contributed by atoms with E-state index in [1.54, 1.807) is 30.6 Å². The fraction of sp³-hybridized carbons (Fsp3) is 0.318. The second-order valence-corrected chi connectivity index (χ2v) is 9.10. The van der Waals surface area contributed by atoms with E-state index in [2.05, 4.69) is 19.7 Å². The molecule has 0 spiro atoms. The Morgan fingerprint density at radius 3 is 2.61 bits per heavy atom. The summed E-state index contributed by atoms with van der Waals surface area (Å²) in [6.07, 6.45) is 5.32. The first-order chi connectivity index (χ1) is 14.8. The van der Waals surface area contributed by atoms with Gasteiger partial charge in [-0.2, -0.15) is 0 Å². The highest BCUT2D eigenvalue weighted by molar-refractivity contribution is 7.89. The number of nitrogen functional groups attached to an aromatic ring is 1. The van der Waals surface area contributed by atoms with Gasteiger partial charge in [0.15, 0.2) is 0 Å². The van der Waals surface area contributed by atoms with Gasteiger partial charge >= 0.3 is 0 Å². The van der Waals surface area contributed by atoms with Crippen molar-refractivity contribution >= 4 is 15.8 Å². The first-order valence-electron chi connectivity index (χ1n) is 10.1. The number of aliphatic hydroxyl groups is 1. The van der Waals surface area contributed by atoms with Gasteiger partial charge in [-0.15, -0.1) is 0 Å². The van der Waals surface area contributed by atoms with Gasteiger partial charge in [0, 0.05) is 36.2 Å². The van der Waals surface area contributed by atoms with Gasteiger partial charge in [-0.25, -0.2) is 23.1 Å². The lowest BCUT2D eigenvalue weighted by Gasteiger charge is -2.12. The number of benzene rings is 1. The van der Waals surface area contributed by atoms with Crippen molar-refractivity contribution in [3.05, 3.63) is 54.0 Å². The smallest absolute Gasteiger partial charge is 0.240 e. The van der Waals surface area contributed by atoms with Crippen LogP contribution >= 0.6 is 0 Å². The fourth-order valence-corrected chi connectivity index (χ4v) is 4.28. The summed E-state index contributed by atoms with van der Waals surface area (Å²) >= 11 is 0. The molecule has 4 N–H and O–H groups in total. The van der Waals surface area contributed by atoms with Crippen molar-refractivity contribution in [3.63, 3.8) is 0 Å². The Kier molecular flexibility index (Phi) is 7.32. The average Bonchev–Trinajstić information content (AvgIpc) is 2.74. The predicted molar refractivity (Wildman–Crippen MR) is 121 cm³/mol. The van der Waals surface area contributed by atoms with Crippen molar-refractivity contribution in [3.8, 4) is 22.5 Å². The summed E-state index contributed by atoms with van der Waals surface area (Å²) < 4.78 is 28.0. The Morgan fingerprint density at radius 1 is 1.06 bits per heavy atom. The molecule has 0 aliphatic rings. The van der Waals surface area contributed by atoms with Crippen LogP contribution in [0.2, 0.25) is 0 Å². The minimum Gasteiger partial charge on any atom is -0.396 e. The van der Waals surface area contributed by atoms with E-state index in [-0.39, 0.29) is 11.5 Å². The fourth-order valence-electron chi connectivity index (χ4n) is 3.18. The normalized spacial score (nSPS) is 11.6. The molecular weight excluding hydrogens is 414 g/mol. The Bertz CT molecular complexity index is 1170. The van der Waals surface area contributed by atoms with E-state index in [0.717, 1.165) is 23.2 Å². The Morgan fingerprint density at radius 2 is 1.87 bits per heavy atom. The third-order valence-electron chi connectivity index (χ3n) is 4.89. The number of unbranched alkanes of at least 4 members (excludes halogenated alkanes) is 2. The number of anilines is 1. The summed E-state index contributed by atoms with van der Waals surface area (Å²) in [7, 11) is -3.66. The number of aryl methyl sites for hydroxylation is 2. The molecule has 9 heteroatoms. The Balaban J connectivity index is 1.92. The molecule has 3 rings (SSSR count). The van der Waals surface area contributed by atoms with Crippen LogP contribution in [0.3, 0.4) is 0 Å². The van der Waals surface area contributed by atoms with Gasteiger partial charge in [-0.1, -0.05) is 6.07 Å². The summed E-state index contributed by atoms with van der Waals surface area (Å²) in [5.41, 5.74) is 10.3. The van der Waals surface area contributed by atoms with Gasteiger partial charge in [-0.05, 0) is 62.9 Å². The number of nitrogens with two attached hydrogens (primary N) is 1. The number of hydrogen-bond acceptors (Lipinski definition) is 7. The van der Waals surface area contributed by atoms with Crippen LogP contribution in [0.5, 0.6) is 0 Å². The average molecular weight is 442 g/mol. The van der Waals surface area contributed by atoms with Crippen LogP contribution in [0, 0.1) is 13.8 Å². The number of nitrogens with zero attached hydrogens (tertiary/aromatic N) is 3. The van der Waals surface area contributed by atoms with Crippen molar-refractivity contribution < 1.29 is 13.5 Å². The number of pyridine rings is 1. The molecule has 0 radical (unpaired) electrons. The maximum Gasteiger partial charge on any atom is 0.240 e. The summed E-state index contributed by atoms with van der Waals surface area (Å²) in [6, 6.07) is 8.62. The number of nitrogens with one attached hydrogen (secondary N) is 1. The molecule has 2 aromatic heterocycles. The summed E-state index contributed by atoms with van der Waals surface area (Å²) in [6.45, 7) is 4.20. The highest BCUT2D eigenvalue weighted by atomic mass is 32.2. The highest BCUT2D eigenvalue weighted by Gasteiger charge is 2.17. The van der Waals surface area contributed by atoms with Gasteiger partial charge in [-0.3, -0.25) is 4.98 Å². The molecule has 0 amide bonds. The van der Waals surface area contributed by atoms with E-state index in [1.807, 2.05) is 26.0 Å². The molecule has 0 saturated carbocycles. The number of sulfonamides is 1. The molecule has 0 saturated heterocycles. The zero-order valence-electron chi connectivity index (χ0n) is 17.7. The first-order valence-corrected chi connectivity index (χ1v) is 11.6. The predicted octanol–water partition coefficient (Wildman–Crippen LogP) is 2.85. The van der Waals surface area contributed by atoms with Crippen LogP contribution in [-0.4, -0.2) is 41.6 Å². The molecule has 3 aromatic rings. The molecule has 2 heterocycles. The zero-order chi connectivity index (χ0) is 22.4. The minimum absolute atomic E-state index is 0.109. The van der Waals surface area contributed by atoms with Crippen molar-refractivity contribution in [2.45, 2.75) is 38.0 Å². The second-order valence-electron chi connectivity index (χ2n) is 7.33. The van der Waals surface area contributed by atoms with Gasteiger partial charge in [0.25, 0.3) is 0 Å². The molecule has 164 valence electrons. The number of rotatable bonds is 9. The summed E-state index contributed by atoms with van der Waals surface area (Å²) in [4.78, 5) is 13.3. The van der Waals surface area contributed by atoms with Crippen LogP contribution in [0.15, 0.2) is 47.6 Å². The number of aliphatic hydroxyl groups excluding tert-OH is 1. The molecule has 8 nitrogen and oxygen atoms in total. The third kappa shape index (κ3) is 5.63. The topological polar surface area (TPSA) is 131 Å². The molecule has 0 fully saturated rings. The van der Waals surface area contributed by atoms with Gasteiger partial charge < -0.3 is 10.8 Å². The van der Waals surface area contributed by atoms with Gasteiger partial charge in [0.05, 0.1) is 16.8 Å². The molecule has 0 atom stereocenters. The number of hydrogen-bond donors (Lipinski definition) is 3. The van der Waals surface area contributed by atoms with E-state index in [9.17, 15) is 8.42 Å². The van der Waals surface area contributed by atoms with Gasteiger partial charge in [0.2, 0.25) is 10.0 Å². The molecule has 1 aromatic carbocycles. The molecule has 31 heavy (non-hydrogen) atoms. The van der Waals surface area contributed by atoms with E-state index in [0.29, 0.717) is 42.2 Å². The van der Waals surface area contributed by atoms with Crippen LogP contribution in [0.4, 0.5) is 5.82 Å². The molecule has 0 aliphatic carbocycles. The number of aromatic nitrogens is 3. The SMILES string of the molecule is Cc1cc(-c2nc(-c3cc(S(=O)(=O)NCCCCCO)ccc3C)cnc2N)ccn1. The Hall–Kier alpha value is -2.88. The third-order valence-corrected chi connectivity index (χ3v) is 6.35. The zero-order valence-corrected chi connectivity index (χ0v) is 18.5. The van der Waals surface area contributed by atoms with Crippen LogP contribution < -0.4 is 10.5 Å².